The number of carbonyl (C=O) groups is 1. The number of hydrogen-bond acceptors (Lipinski definition) is 4. The molecule has 0 radical (unpaired) electrons. The maximum atomic E-state index is 13.4. The molecule has 2 aromatic heterocycles. The lowest BCUT2D eigenvalue weighted by Gasteiger charge is -2.34. The first-order valence-electron chi connectivity index (χ1n) is 9.90. The van der Waals surface area contributed by atoms with Crippen LogP contribution < -0.4 is 0 Å². The van der Waals surface area contributed by atoms with Gasteiger partial charge in [-0.25, -0.2) is 9.07 Å². The van der Waals surface area contributed by atoms with Gasteiger partial charge in [0.25, 0.3) is 5.91 Å². The van der Waals surface area contributed by atoms with Gasteiger partial charge in [-0.3, -0.25) is 14.4 Å². The summed E-state index contributed by atoms with van der Waals surface area (Å²) in [5.74, 6) is -0.279. The van der Waals surface area contributed by atoms with E-state index in [0.717, 1.165) is 34.5 Å². The second-order valence-corrected chi connectivity index (χ2v) is 8.36. The van der Waals surface area contributed by atoms with Crippen LogP contribution in [0.4, 0.5) is 4.39 Å². The Hall–Kier alpha value is -2.52. The predicted molar refractivity (Wildman–Crippen MR) is 115 cm³/mol. The van der Waals surface area contributed by atoms with Gasteiger partial charge in [-0.15, -0.1) is 0 Å². The monoisotopic (exact) mass is 474 g/mol. The second kappa shape index (κ2) is 8.69. The van der Waals surface area contributed by atoms with Gasteiger partial charge in [-0.1, -0.05) is 12.1 Å². The average Bonchev–Trinajstić information content (AvgIpc) is 3.29. The number of piperazine rings is 1. The molecule has 0 saturated carbocycles. The van der Waals surface area contributed by atoms with Gasteiger partial charge < -0.3 is 4.90 Å². The first-order chi connectivity index (χ1) is 14.4. The lowest BCUT2D eigenvalue weighted by atomic mass is 10.2. The number of halogens is 2. The Morgan fingerprint density at radius 2 is 1.90 bits per heavy atom. The zero-order valence-electron chi connectivity index (χ0n) is 17.1. The highest BCUT2D eigenvalue weighted by atomic mass is 79.9. The highest BCUT2D eigenvalue weighted by Gasteiger charge is 2.24. The summed E-state index contributed by atoms with van der Waals surface area (Å²) in [7, 11) is 0. The van der Waals surface area contributed by atoms with E-state index in [0.29, 0.717) is 32.0 Å². The van der Waals surface area contributed by atoms with E-state index in [1.54, 1.807) is 29.1 Å². The third-order valence-electron chi connectivity index (χ3n) is 5.39. The molecule has 0 atom stereocenters. The Morgan fingerprint density at radius 3 is 2.57 bits per heavy atom. The summed E-state index contributed by atoms with van der Waals surface area (Å²) in [6.07, 6.45) is 1.80. The Kier molecular flexibility index (Phi) is 6.01. The van der Waals surface area contributed by atoms with Crippen molar-refractivity contribution in [3.8, 4) is 0 Å². The summed E-state index contributed by atoms with van der Waals surface area (Å²) in [6.45, 7) is 7.84. The zero-order chi connectivity index (χ0) is 21.3. The van der Waals surface area contributed by atoms with Crippen molar-refractivity contribution < 1.29 is 9.18 Å². The molecule has 1 aliphatic rings. The normalized spacial score (nSPS) is 15.0. The molecule has 7 nitrogen and oxygen atoms in total. The molecule has 1 aromatic carbocycles. The molecular weight excluding hydrogens is 451 g/mol. The van der Waals surface area contributed by atoms with Gasteiger partial charge in [0.05, 0.1) is 15.9 Å². The van der Waals surface area contributed by atoms with E-state index in [4.69, 9.17) is 0 Å². The van der Waals surface area contributed by atoms with Crippen molar-refractivity contribution in [3.05, 3.63) is 69.5 Å². The number of amides is 1. The van der Waals surface area contributed by atoms with Crippen molar-refractivity contribution in [2.24, 2.45) is 0 Å². The van der Waals surface area contributed by atoms with E-state index in [1.807, 2.05) is 29.5 Å². The fourth-order valence-electron chi connectivity index (χ4n) is 3.67. The van der Waals surface area contributed by atoms with E-state index in [2.05, 4.69) is 31.0 Å². The van der Waals surface area contributed by atoms with Crippen LogP contribution in [0.1, 0.15) is 27.4 Å². The SMILES string of the molecule is Cc1nn(Cn2ccc(C(=O)N3CCN(Cc4cccc(F)c4)CC3)n2)c(C)c1Br. The van der Waals surface area contributed by atoms with Gasteiger partial charge in [0.15, 0.2) is 0 Å². The van der Waals surface area contributed by atoms with E-state index in [-0.39, 0.29) is 11.7 Å². The minimum absolute atomic E-state index is 0.0614. The van der Waals surface area contributed by atoms with Crippen LogP contribution in [-0.4, -0.2) is 61.4 Å². The fourth-order valence-corrected chi connectivity index (χ4v) is 3.95. The number of benzene rings is 1. The minimum atomic E-state index is -0.218. The van der Waals surface area contributed by atoms with Gasteiger partial charge in [0.2, 0.25) is 0 Å². The number of aryl methyl sites for hydroxylation is 1. The van der Waals surface area contributed by atoms with Crippen molar-refractivity contribution >= 4 is 21.8 Å². The number of carbonyl (C=O) groups excluding carboxylic acids is 1. The lowest BCUT2D eigenvalue weighted by Crippen LogP contribution is -2.48. The molecule has 9 heteroatoms. The fraction of sp³-hybridized carbons (Fsp3) is 0.381. The standard InChI is InChI=1S/C21H24BrFN6O/c1-15-20(22)16(2)29(24-15)14-28-7-6-19(25-28)21(30)27-10-8-26(9-11-27)13-17-4-3-5-18(23)12-17/h3-7,12H,8-11,13-14H2,1-2H3. The summed E-state index contributed by atoms with van der Waals surface area (Å²) in [6, 6.07) is 8.42. The molecule has 1 amide bonds. The molecule has 0 spiro atoms. The quantitative estimate of drug-likeness (QED) is 0.570. The molecule has 1 fully saturated rings. The Bertz CT molecular complexity index is 1050. The average molecular weight is 475 g/mol. The molecule has 3 aromatic rings. The predicted octanol–water partition coefficient (Wildman–Crippen LogP) is 3.06. The van der Waals surface area contributed by atoms with Gasteiger partial charge in [0.1, 0.15) is 18.2 Å². The molecule has 0 bridgehead atoms. The van der Waals surface area contributed by atoms with Gasteiger partial charge >= 0.3 is 0 Å². The molecule has 0 aliphatic carbocycles. The first-order valence-corrected chi connectivity index (χ1v) is 10.7. The Labute approximate surface area is 183 Å². The molecule has 30 heavy (non-hydrogen) atoms. The smallest absolute Gasteiger partial charge is 0.274 e. The molecule has 0 N–H and O–H groups in total. The Morgan fingerprint density at radius 1 is 1.13 bits per heavy atom. The van der Waals surface area contributed by atoms with Gasteiger partial charge in [-0.05, 0) is 53.5 Å². The topological polar surface area (TPSA) is 59.2 Å². The van der Waals surface area contributed by atoms with Crippen molar-refractivity contribution in [1.29, 1.82) is 0 Å². The van der Waals surface area contributed by atoms with E-state index < -0.39 is 0 Å². The zero-order valence-corrected chi connectivity index (χ0v) is 18.6. The molecule has 1 saturated heterocycles. The van der Waals surface area contributed by atoms with Crippen molar-refractivity contribution in [3.63, 3.8) is 0 Å². The molecule has 4 rings (SSSR count). The summed E-state index contributed by atoms with van der Waals surface area (Å²) in [5.41, 5.74) is 3.33. The number of hydrogen-bond donors (Lipinski definition) is 0. The number of rotatable bonds is 5. The summed E-state index contributed by atoms with van der Waals surface area (Å²) in [4.78, 5) is 16.9. The molecule has 0 unspecified atom stereocenters. The maximum absolute atomic E-state index is 13.4. The largest absolute Gasteiger partial charge is 0.335 e. The second-order valence-electron chi connectivity index (χ2n) is 7.56. The first kappa shape index (κ1) is 20.7. The third-order valence-corrected chi connectivity index (χ3v) is 6.53. The van der Waals surface area contributed by atoms with Gasteiger partial charge in [0, 0.05) is 38.9 Å². The summed E-state index contributed by atoms with van der Waals surface area (Å²) in [5, 5.41) is 8.93. The molecular formula is C21H24BrFN6O. The minimum Gasteiger partial charge on any atom is -0.335 e. The lowest BCUT2D eigenvalue weighted by molar-refractivity contribution is 0.0621. The van der Waals surface area contributed by atoms with Crippen LogP contribution in [0.15, 0.2) is 41.0 Å². The number of aromatic nitrogens is 4. The highest BCUT2D eigenvalue weighted by Crippen LogP contribution is 2.19. The van der Waals surface area contributed by atoms with E-state index in [9.17, 15) is 9.18 Å². The van der Waals surface area contributed by atoms with E-state index in [1.165, 1.54) is 6.07 Å². The van der Waals surface area contributed by atoms with Crippen molar-refractivity contribution in [1.82, 2.24) is 29.4 Å². The van der Waals surface area contributed by atoms with Crippen molar-refractivity contribution in [2.75, 3.05) is 26.2 Å². The van der Waals surface area contributed by atoms with Crippen LogP contribution >= 0.6 is 15.9 Å². The third kappa shape index (κ3) is 4.46. The van der Waals surface area contributed by atoms with Crippen molar-refractivity contribution in [2.45, 2.75) is 27.1 Å². The Balaban J connectivity index is 1.34. The molecule has 1 aliphatic heterocycles. The van der Waals surface area contributed by atoms with Crippen LogP contribution in [0, 0.1) is 19.7 Å². The van der Waals surface area contributed by atoms with E-state index >= 15 is 0 Å². The molecule has 3 heterocycles. The van der Waals surface area contributed by atoms with Crippen LogP contribution in [-0.2, 0) is 13.2 Å². The number of nitrogens with zero attached hydrogens (tertiary/aromatic N) is 6. The van der Waals surface area contributed by atoms with Gasteiger partial charge in [-0.2, -0.15) is 10.2 Å². The molecule has 158 valence electrons. The van der Waals surface area contributed by atoms with Crippen LogP contribution in [0.25, 0.3) is 0 Å². The summed E-state index contributed by atoms with van der Waals surface area (Å²) < 4.78 is 17.9. The highest BCUT2D eigenvalue weighted by molar-refractivity contribution is 9.10. The van der Waals surface area contributed by atoms with Crippen LogP contribution in [0.3, 0.4) is 0 Å². The summed E-state index contributed by atoms with van der Waals surface area (Å²) >= 11 is 3.53. The van der Waals surface area contributed by atoms with Crippen LogP contribution in [0.5, 0.6) is 0 Å². The van der Waals surface area contributed by atoms with Crippen LogP contribution in [0.2, 0.25) is 0 Å². The maximum Gasteiger partial charge on any atom is 0.274 e.